The zero-order valence-corrected chi connectivity index (χ0v) is 23.2. The molecule has 0 unspecified atom stereocenters. The predicted molar refractivity (Wildman–Crippen MR) is 156 cm³/mol. The molecule has 4 aliphatic rings. The van der Waals surface area contributed by atoms with Gasteiger partial charge in [-0.05, 0) is 96.3 Å². The molecule has 4 saturated carbocycles. The summed E-state index contributed by atoms with van der Waals surface area (Å²) in [6, 6.07) is 16.2. The number of rotatable bonds is 8. The summed E-state index contributed by atoms with van der Waals surface area (Å²) in [5, 5.41) is 6.19. The number of nitrogens with one attached hydrogen (secondary N) is 2. The summed E-state index contributed by atoms with van der Waals surface area (Å²) in [6.45, 7) is 8.09. The van der Waals surface area contributed by atoms with Crippen LogP contribution in [0.2, 0.25) is 0 Å². The van der Waals surface area contributed by atoms with Crippen molar-refractivity contribution < 1.29 is 19.1 Å². The van der Waals surface area contributed by atoms with Crippen molar-refractivity contribution in [2.45, 2.75) is 76.7 Å². The molecule has 0 aromatic heterocycles. The van der Waals surface area contributed by atoms with Gasteiger partial charge in [0.1, 0.15) is 13.2 Å². The minimum Gasteiger partial charge on any atom is -0.445 e. The fourth-order valence-corrected chi connectivity index (χ4v) is 8.09. The van der Waals surface area contributed by atoms with E-state index in [0.29, 0.717) is 10.8 Å². The van der Waals surface area contributed by atoms with Gasteiger partial charge in [0, 0.05) is 12.1 Å². The van der Waals surface area contributed by atoms with E-state index in [1.54, 1.807) is 12.2 Å². The molecule has 2 amide bonds. The first-order valence-corrected chi connectivity index (χ1v) is 14.8. The Morgan fingerprint density at radius 1 is 0.675 bits per heavy atom. The van der Waals surface area contributed by atoms with Crippen molar-refractivity contribution in [3.05, 3.63) is 83.9 Å². The first kappa shape index (κ1) is 26.7. The fourth-order valence-electron chi connectivity index (χ4n) is 8.09. The van der Waals surface area contributed by atoms with E-state index in [0.717, 1.165) is 59.8 Å². The lowest BCUT2D eigenvalue weighted by molar-refractivity contribution is 0.0763. The molecule has 0 saturated heterocycles. The smallest absolute Gasteiger partial charge is 0.407 e. The van der Waals surface area contributed by atoms with Crippen LogP contribution in [0.4, 0.5) is 9.59 Å². The molecule has 0 atom stereocenters. The number of amides is 2. The molecule has 0 radical (unpaired) electrons. The third-order valence-electron chi connectivity index (χ3n) is 10.2. The molecule has 0 aliphatic heterocycles. The van der Waals surface area contributed by atoms with Gasteiger partial charge in [-0.1, -0.05) is 73.8 Å². The van der Waals surface area contributed by atoms with Crippen LogP contribution in [-0.2, 0) is 22.7 Å². The highest BCUT2D eigenvalue weighted by atomic mass is 16.6. The number of benzene rings is 2. The Morgan fingerprint density at radius 3 is 1.35 bits per heavy atom. The van der Waals surface area contributed by atoms with E-state index < -0.39 is 0 Å². The molecule has 6 heteroatoms. The zero-order chi connectivity index (χ0) is 27.7. The molecule has 40 heavy (non-hydrogen) atoms. The number of hydrogen-bond acceptors (Lipinski definition) is 4. The molecule has 2 aromatic rings. The molecule has 6 nitrogen and oxygen atoms in total. The van der Waals surface area contributed by atoms with Crippen molar-refractivity contribution in [3.8, 4) is 0 Å². The molecular weight excluding hydrogens is 500 g/mol. The van der Waals surface area contributed by atoms with E-state index >= 15 is 0 Å². The first-order chi connectivity index (χ1) is 19.5. The summed E-state index contributed by atoms with van der Waals surface area (Å²) in [7, 11) is 0. The quantitative estimate of drug-likeness (QED) is 0.370. The average molecular weight is 541 g/mol. The number of alkyl carbamates (subject to hydrolysis) is 2. The highest BCUT2D eigenvalue weighted by Gasteiger charge is 2.89. The highest BCUT2D eigenvalue weighted by molar-refractivity contribution is 5.68. The number of fused-ring (bicyclic) bond motifs is 5. The normalized spacial score (nSPS) is 31.5. The van der Waals surface area contributed by atoms with Crippen LogP contribution in [0, 0.1) is 22.7 Å². The van der Waals surface area contributed by atoms with Gasteiger partial charge < -0.3 is 20.1 Å². The van der Waals surface area contributed by atoms with Crippen LogP contribution in [0.15, 0.2) is 61.7 Å². The average Bonchev–Trinajstić information content (AvgIpc) is 3.87. The summed E-state index contributed by atoms with van der Waals surface area (Å²) in [5.41, 5.74) is 5.10. The molecule has 4 fully saturated rings. The van der Waals surface area contributed by atoms with E-state index in [1.807, 2.05) is 48.5 Å². The molecule has 2 aromatic carbocycles. The van der Waals surface area contributed by atoms with Crippen LogP contribution in [0.1, 0.15) is 73.6 Å². The van der Waals surface area contributed by atoms with Gasteiger partial charge in [0.25, 0.3) is 0 Å². The third kappa shape index (κ3) is 5.16. The topological polar surface area (TPSA) is 76.7 Å². The van der Waals surface area contributed by atoms with Crippen molar-refractivity contribution >= 4 is 24.3 Å². The van der Waals surface area contributed by atoms with Gasteiger partial charge in [-0.25, -0.2) is 9.59 Å². The Hall–Kier alpha value is -3.54. The molecule has 0 heterocycles. The van der Waals surface area contributed by atoms with Crippen LogP contribution >= 0.6 is 0 Å². The zero-order valence-electron chi connectivity index (χ0n) is 23.2. The third-order valence-corrected chi connectivity index (χ3v) is 10.2. The van der Waals surface area contributed by atoms with E-state index in [2.05, 4.69) is 23.8 Å². The number of carbonyl (C=O) groups is 2. The Balaban J connectivity index is 0.872. The van der Waals surface area contributed by atoms with E-state index in [1.165, 1.54) is 25.7 Å². The Kier molecular flexibility index (Phi) is 7.20. The number of carbonyl (C=O) groups excluding carboxylic acids is 2. The second kappa shape index (κ2) is 10.8. The van der Waals surface area contributed by atoms with Crippen LogP contribution in [0.25, 0.3) is 12.2 Å². The van der Waals surface area contributed by atoms with Gasteiger partial charge in [0.05, 0.1) is 0 Å². The van der Waals surface area contributed by atoms with Crippen molar-refractivity contribution in [2.24, 2.45) is 22.7 Å². The Labute approximate surface area is 237 Å². The summed E-state index contributed by atoms with van der Waals surface area (Å²) in [5.74, 6) is 1.72. The van der Waals surface area contributed by atoms with Crippen LogP contribution in [0.3, 0.4) is 0 Å². The van der Waals surface area contributed by atoms with Crippen molar-refractivity contribution in [1.82, 2.24) is 10.6 Å². The van der Waals surface area contributed by atoms with Gasteiger partial charge in [-0.2, -0.15) is 0 Å². The Morgan fingerprint density at radius 2 is 1.02 bits per heavy atom. The summed E-state index contributed by atoms with van der Waals surface area (Å²) in [4.78, 5) is 24.7. The SMILES string of the molecule is C=Cc1ccc(COC(=O)NC2CCC3(CC2)C2C3C23CCC(NC(=O)OCc2ccc(C=C)cc2)CC3)cc1. The lowest BCUT2D eigenvalue weighted by Crippen LogP contribution is -2.43. The van der Waals surface area contributed by atoms with Crippen LogP contribution in [0.5, 0.6) is 0 Å². The van der Waals surface area contributed by atoms with Crippen LogP contribution in [-0.4, -0.2) is 24.3 Å². The van der Waals surface area contributed by atoms with Gasteiger partial charge in [0.2, 0.25) is 0 Å². The summed E-state index contributed by atoms with van der Waals surface area (Å²) in [6.07, 6.45) is 12.0. The van der Waals surface area contributed by atoms with Gasteiger partial charge in [-0.3, -0.25) is 0 Å². The fraction of sp³-hybridized carbons (Fsp3) is 0.471. The standard InChI is InChI=1S/C34H40N2O4/c1-3-23-5-9-25(10-6-23)21-39-31(37)35-27-13-17-33(18-14-27)29-30(33)34(29)19-15-28(16-20-34)36-32(38)40-22-26-11-7-24(4-2)8-12-26/h3-12,27-30H,1-2,13-22H2,(H,35,37)(H,36,38). The summed E-state index contributed by atoms with van der Waals surface area (Å²) >= 11 is 0. The molecule has 2 spiro atoms. The van der Waals surface area contributed by atoms with Crippen molar-refractivity contribution in [3.63, 3.8) is 0 Å². The number of ether oxygens (including phenoxy) is 2. The van der Waals surface area contributed by atoms with Gasteiger partial charge in [0.15, 0.2) is 0 Å². The monoisotopic (exact) mass is 540 g/mol. The number of hydrogen-bond donors (Lipinski definition) is 2. The largest absolute Gasteiger partial charge is 0.445 e. The molecule has 210 valence electrons. The van der Waals surface area contributed by atoms with Crippen molar-refractivity contribution in [1.29, 1.82) is 0 Å². The maximum absolute atomic E-state index is 12.4. The second-order valence-corrected chi connectivity index (χ2v) is 12.3. The lowest BCUT2D eigenvalue weighted by Gasteiger charge is -2.43. The van der Waals surface area contributed by atoms with E-state index in [9.17, 15) is 9.59 Å². The molecule has 2 N–H and O–H groups in total. The van der Waals surface area contributed by atoms with Gasteiger partial charge in [-0.15, -0.1) is 0 Å². The van der Waals surface area contributed by atoms with E-state index in [-0.39, 0.29) is 37.5 Å². The maximum atomic E-state index is 12.4. The van der Waals surface area contributed by atoms with Crippen molar-refractivity contribution in [2.75, 3.05) is 0 Å². The Bertz CT molecular complexity index is 1140. The van der Waals surface area contributed by atoms with Crippen LogP contribution < -0.4 is 10.6 Å². The van der Waals surface area contributed by atoms with Gasteiger partial charge >= 0.3 is 12.2 Å². The minimum atomic E-state index is -0.318. The predicted octanol–water partition coefficient (Wildman–Crippen LogP) is 7.24. The van der Waals surface area contributed by atoms with E-state index in [4.69, 9.17) is 9.47 Å². The summed E-state index contributed by atoms with van der Waals surface area (Å²) < 4.78 is 10.9. The molecule has 6 rings (SSSR count). The first-order valence-electron chi connectivity index (χ1n) is 14.8. The molecule has 4 aliphatic carbocycles. The molecule has 0 bridgehead atoms. The maximum Gasteiger partial charge on any atom is 0.407 e. The minimum absolute atomic E-state index is 0.211. The highest BCUT2D eigenvalue weighted by Crippen LogP contribution is 2.94. The second-order valence-electron chi connectivity index (χ2n) is 12.3. The lowest BCUT2D eigenvalue weighted by atomic mass is 9.64. The molecular formula is C34H40N2O4.